The summed E-state index contributed by atoms with van der Waals surface area (Å²) >= 11 is 0. The highest BCUT2D eigenvalue weighted by atomic mass is 19.1. The number of aromatic nitrogens is 1. The molecule has 2 rings (SSSR count). The molecule has 1 aromatic heterocycles. The van der Waals surface area contributed by atoms with E-state index in [1.807, 2.05) is 0 Å². The quantitative estimate of drug-likeness (QED) is 0.767. The third-order valence-corrected chi connectivity index (χ3v) is 2.33. The summed E-state index contributed by atoms with van der Waals surface area (Å²) in [5, 5.41) is 9.10. The van der Waals surface area contributed by atoms with Crippen molar-refractivity contribution in [3.05, 3.63) is 65.7 Å². The van der Waals surface area contributed by atoms with Crippen LogP contribution in [0.4, 0.5) is 4.39 Å². The van der Waals surface area contributed by atoms with E-state index in [1.165, 1.54) is 6.07 Å². The number of nitrogens with zero attached hydrogens (tertiary/aromatic N) is 2. The predicted octanol–water partition coefficient (Wildman–Crippen LogP) is 2.88. The van der Waals surface area contributed by atoms with Crippen LogP contribution >= 0.6 is 0 Å². The Morgan fingerprint density at radius 1 is 1.12 bits per heavy atom. The highest BCUT2D eigenvalue weighted by Gasteiger charge is 2.17. The molecule has 0 saturated heterocycles. The smallest absolute Gasteiger partial charge is 0.128 e. The van der Waals surface area contributed by atoms with Crippen LogP contribution in [0.5, 0.6) is 0 Å². The van der Waals surface area contributed by atoms with Gasteiger partial charge in [0.25, 0.3) is 0 Å². The molecule has 0 bridgehead atoms. The summed E-state index contributed by atoms with van der Waals surface area (Å²) in [7, 11) is 0. The van der Waals surface area contributed by atoms with Crippen LogP contribution in [0.15, 0.2) is 48.7 Å². The summed E-state index contributed by atoms with van der Waals surface area (Å²) in [4.78, 5) is 4.08. The van der Waals surface area contributed by atoms with E-state index in [4.69, 9.17) is 5.26 Å². The molecular weight excluding hydrogens is 203 g/mol. The maximum atomic E-state index is 13.5. The van der Waals surface area contributed by atoms with E-state index in [-0.39, 0.29) is 5.82 Å². The Morgan fingerprint density at radius 3 is 2.50 bits per heavy atom. The van der Waals surface area contributed by atoms with Crippen LogP contribution in [0.3, 0.4) is 0 Å². The van der Waals surface area contributed by atoms with Crippen molar-refractivity contribution in [1.29, 1.82) is 5.26 Å². The van der Waals surface area contributed by atoms with Crippen LogP contribution in [0.1, 0.15) is 17.2 Å². The van der Waals surface area contributed by atoms with E-state index in [0.29, 0.717) is 11.3 Å². The fourth-order valence-corrected chi connectivity index (χ4v) is 1.55. The maximum absolute atomic E-state index is 13.5. The zero-order valence-electron chi connectivity index (χ0n) is 8.47. The lowest BCUT2D eigenvalue weighted by molar-refractivity contribution is 0.608. The summed E-state index contributed by atoms with van der Waals surface area (Å²) in [5.41, 5.74) is 0.929. The van der Waals surface area contributed by atoms with Crippen molar-refractivity contribution in [2.45, 2.75) is 5.92 Å². The van der Waals surface area contributed by atoms with Crippen LogP contribution in [0.25, 0.3) is 0 Å². The highest BCUT2D eigenvalue weighted by molar-refractivity contribution is 5.35. The molecule has 0 spiro atoms. The Balaban J connectivity index is 2.47. The second-order valence-electron chi connectivity index (χ2n) is 3.34. The SMILES string of the molecule is N#C[C@H](c1ccccn1)c1ccccc1F. The second kappa shape index (κ2) is 4.54. The lowest BCUT2D eigenvalue weighted by Gasteiger charge is -2.09. The number of nitriles is 1. The summed E-state index contributed by atoms with van der Waals surface area (Å²) in [6.45, 7) is 0. The minimum atomic E-state index is -0.651. The molecule has 0 unspecified atom stereocenters. The molecule has 0 fully saturated rings. The molecule has 16 heavy (non-hydrogen) atoms. The molecule has 0 N–H and O–H groups in total. The Hall–Kier alpha value is -2.21. The highest BCUT2D eigenvalue weighted by Crippen LogP contribution is 2.24. The van der Waals surface area contributed by atoms with Gasteiger partial charge in [-0.2, -0.15) is 5.26 Å². The summed E-state index contributed by atoms with van der Waals surface area (Å²) in [6.07, 6.45) is 1.60. The maximum Gasteiger partial charge on any atom is 0.128 e. The molecule has 0 aliphatic heterocycles. The van der Waals surface area contributed by atoms with Crippen molar-refractivity contribution in [1.82, 2.24) is 4.98 Å². The van der Waals surface area contributed by atoms with E-state index >= 15 is 0 Å². The van der Waals surface area contributed by atoms with Crippen molar-refractivity contribution in [3.63, 3.8) is 0 Å². The third kappa shape index (κ3) is 1.91. The Morgan fingerprint density at radius 2 is 1.88 bits per heavy atom. The van der Waals surface area contributed by atoms with E-state index in [0.717, 1.165) is 0 Å². The zero-order chi connectivity index (χ0) is 11.4. The lowest BCUT2D eigenvalue weighted by Crippen LogP contribution is -2.02. The van der Waals surface area contributed by atoms with E-state index in [2.05, 4.69) is 11.1 Å². The van der Waals surface area contributed by atoms with Crippen molar-refractivity contribution in [3.8, 4) is 6.07 Å². The number of hydrogen-bond donors (Lipinski definition) is 0. The second-order valence-corrected chi connectivity index (χ2v) is 3.34. The lowest BCUT2D eigenvalue weighted by atomic mass is 9.96. The van der Waals surface area contributed by atoms with Gasteiger partial charge in [0.1, 0.15) is 11.7 Å². The first-order valence-electron chi connectivity index (χ1n) is 4.88. The van der Waals surface area contributed by atoms with Gasteiger partial charge in [-0.25, -0.2) is 4.39 Å². The van der Waals surface area contributed by atoms with Crippen molar-refractivity contribution < 1.29 is 4.39 Å². The number of benzene rings is 1. The normalized spacial score (nSPS) is 11.8. The Kier molecular flexibility index (Phi) is 2.93. The minimum Gasteiger partial charge on any atom is -0.260 e. The topological polar surface area (TPSA) is 36.7 Å². The molecule has 1 aromatic carbocycles. The summed E-state index contributed by atoms with van der Waals surface area (Å²) in [5.74, 6) is -1.03. The van der Waals surface area contributed by atoms with E-state index < -0.39 is 5.92 Å². The van der Waals surface area contributed by atoms with E-state index in [9.17, 15) is 4.39 Å². The molecule has 2 aromatic rings. The van der Waals surface area contributed by atoms with Gasteiger partial charge in [0.15, 0.2) is 0 Å². The van der Waals surface area contributed by atoms with Crippen molar-refractivity contribution in [2.24, 2.45) is 0 Å². The number of halogens is 1. The molecule has 2 nitrogen and oxygen atoms in total. The fourth-order valence-electron chi connectivity index (χ4n) is 1.55. The van der Waals surface area contributed by atoms with Crippen LogP contribution in [0.2, 0.25) is 0 Å². The van der Waals surface area contributed by atoms with Gasteiger partial charge >= 0.3 is 0 Å². The van der Waals surface area contributed by atoms with Crippen molar-refractivity contribution >= 4 is 0 Å². The molecule has 0 saturated carbocycles. The third-order valence-electron chi connectivity index (χ3n) is 2.33. The number of pyridine rings is 1. The van der Waals surface area contributed by atoms with Gasteiger partial charge in [-0.15, -0.1) is 0 Å². The molecular formula is C13H9FN2. The Labute approximate surface area is 93.0 Å². The van der Waals surface area contributed by atoms with Crippen LogP contribution < -0.4 is 0 Å². The molecule has 0 radical (unpaired) electrons. The number of rotatable bonds is 2. The molecule has 1 heterocycles. The minimum absolute atomic E-state index is 0.365. The summed E-state index contributed by atoms with van der Waals surface area (Å²) < 4.78 is 13.5. The monoisotopic (exact) mass is 212 g/mol. The molecule has 0 aliphatic carbocycles. The first-order valence-corrected chi connectivity index (χ1v) is 4.88. The van der Waals surface area contributed by atoms with Gasteiger partial charge in [-0.3, -0.25) is 4.98 Å². The van der Waals surface area contributed by atoms with Crippen LogP contribution in [-0.4, -0.2) is 4.98 Å². The number of hydrogen-bond acceptors (Lipinski definition) is 2. The van der Waals surface area contributed by atoms with Gasteiger partial charge in [-0.1, -0.05) is 24.3 Å². The molecule has 1 atom stereocenters. The molecule has 78 valence electrons. The van der Waals surface area contributed by atoms with Crippen LogP contribution in [-0.2, 0) is 0 Å². The Bertz CT molecular complexity index is 517. The predicted molar refractivity (Wildman–Crippen MR) is 58.1 cm³/mol. The van der Waals surface area contributed by atoms with Gasteiger partial charge in [-0.05, 0) is 18.2 Å². The van der Waals surface area contributed by atoms with Gasteiger partial charge < -0.3 is 0 Å². The molecule has 0 amide bonds. The average Bonchev–Trinajstić information content (AvgIpc) is 2.34. The first kappa shape index (κ1) is 10.3. The van der Waals surface area contributed by atoms with Gasteiger partial charge in [0.05, 0.1) is 11.8 Å². The molecule has 3 heteroatoms. The van der Waals surface area contributed by atoms with E-state index in [1.54, 1.807) is 42.6 Å². The standard InChI is InChI=1S/C13H9FN2/c14-12-6-2-1-5-10(12)11(9-15)13-7-3-4-8-16-13/h1-8,11H/t11-/m0/s1. The van der Waals surface area contributed by atoms with Crippen molar-refractivity contribution in [2.75, 3.05) is 0 Å². The largest absolute Gasteiger partial charge is 0.260 e. The first-order chi connectivity index (χ1) is 7.83. The van der Waals surface area contributed by atoms with Gasteiger partial charge in [0, 0.05) is 11.8 Å². The zero-order valence-corrected chi connectivity index (χ0v) is 8.47. The fraction of sp³-hybridized carbons (Fsp3) is 0.0769. The van der Waals surface area contributed by atoms with Gasteiger partial charge in [0.2, 0.25) is 0 Å². The average molecular weight is 212 g/mol. The molecule has 0 aliphatic rings. The van der Waals surface area contributed by atoms with Crippen LogP contribution in [0, 0.1) is 17.1 Å². The summed E-state index contributed by atoms with van der Waals surface area (Å²) in [6, 6.07) is 13.6.